The van der Waals surface area contributed by atoms with Crippen LogP contribution in [0.25, 0.3) is 0 Å². The molecule has 0 N–H and O–H groups in total. The van der Waals surface area contributed by atoms with Crippen molar-refractivity contribution in [2.75, 3.05) is 0 Å². The molecule has 1 radical (unpaired) electrons. The summed E-state index contributed by atoms with van der Waals surface area (Å²) in [5, 5.41) is 0. The number of Topliss-reactive ketones (excluding diaryl/α,β-unsaturated/α-hetero) is 1. The van der Waals surface area contributed by atoms with Crippen molar-refractivity contribution >= 4 is 13.3 Å². The molecule has 0 heterocycles. The second kappa shape index (κ2) is 4.14. The van der Waals surface area contributed by atoms with Crippen LogP contribution in [-0.2, 0) is 4.79 Å². The molecular formula is C6H7BFO. The maximum atomic E-state index is 11.2. The van der Waals surface area contributed by atoms with Gasteiger partial charge in [0.25, 0.3) is 0 Å². The van der Waals surface area contributed by atoms with Gasteiger partial charge in [0.1, 0.15) is 0 Å². The highest BCUT2D eigenvalue weighted by Gasteiger charge is 2.00. The first-order valence-corrected chi connectivity index (χ1v) is 2.65. The fourth-order valence-electron chi connectivity index (χ4n) is 0.243. The van der Waals surface area contributed by atoms with Gasteiger partial charge in [-0.25, -0.2) is 0 Å². The number of hydrogen-bond donors (Lipinski definition) is 0. The molecule has 0 aromatic carbocycles. The van der Waals surface area contributed by atoms with Crippen LogP contribution in [0.1, 0.15) is 13.8 Å². The Kier molecular flexibility index (Phi) is 3.78. The first kappa shape index (κ1) is 8.22. The molecule has 0 amide bonds. The molecule has 0 aromatic rings. The summed E-state index contributed by atoms with van der Waals surface area (Å²) in [5.41, 5.74) is 0. The zero-order valence-electron chi connectivity index (χ0n) is 5.44. The van der Waals surface area contributed by atoms with Crippen LogP contribution in [0.5, 0.6) is 0 Å². The molecule has 0 saturated heterocycles. The molecule has 0 atom stereocenters. The van der Waals surface area contributed by atoms with E-state index in [0.29, 0.717) is 0 Å². The predicted molar refractivity (Wildman–Crippen MR) is 34.5 cm³/mol. The fourth-order valence-corrected chi connectivity index (χ4v) is 0.243. The average Bonchev–Trinajstić information content (AvgIpc) is 1.82. The molecule has 0 fully saturated rings. The van der Waals surface area contributed by atoms with E-state index in [1.807, 2.05) is 5.82 Å². The highest BCUT2D eigenvalue weighted by Crippen LogP contribution is 1.90. The highest BCUT2D eigenvalue weighted by molar-refractivity contribution is 6.38. The van der Waals surface area contributed by atoms with E-state index in [1.54, 1.807) is 13.8 Å². The second-order valence-electron chi connectivity index (χ2n) is 1.90. The van der Waals surface area contributed by atoms with Gasteiger partial charge in [-0.15, -0.1) is 5.82 Å². The van der Waals surface area contributed by atoms with Crippen LogP contribution in [0.4, 0.5) is 4.32 Å². The maximum Gasteiger partial charge on any atom is 0.449 e. The standard InChI is InChI=1S/C6H7BFO/c1-5(2)6(9)3-4-7-8/h5H,1-2H3. The second-order valence-corrected chi connectivity index (χ2v) is 1.90. The number of ketones is 1. The highest BCUT2D eigenvalue weighted by atomic mass is 19.1. The Hall–Kier alpha value is -0.775. The monoisotopic (exact) mass is 125 g/mol. The summed E-state index contributed by atoms with van der Waals surface area (Å²) in [5.74, 6) is 3.69. The summed E-state index contributed by atoms with van der Waals surface area (Å²) < 4.78 is 11.2. The predicted octanol–water partition coefficient (Wildman–Crippen LogP) is 0.761. The Labute approximate surface area is 54.9 Å². The van der Waals surface area contributed by atoms with Crippen molar-refractivity contribution in [2.45, 2.75) is 13.8 Å². The summed E-state index contributed by atoms with van der Waals surface area (Å²) in [4.78, 5) is 10.5. The molecule has 0 unspecified atom stereocenters. The first-order chi connectivity index (χ1) is 4.18. The molecule has 0 bridgehead atoms. The zero-order valence-corrected chi connectivity index (χ0v) is 5.44. The number of halogens is 1. The summed E-state index contributed by atoms with van der Waals surface area (Å²) in [6.07, 6.45) is 0. The molecule has 9 heavy (non-hydrogen) atoms. The van der Waals surface area contributed by atoms with Gasteiger partial charge in [-0.05, 0) is 5.92 Å². The third kappa shape index (κ3) is 3.78. The number of hydrogen-bond acceptors (Lipinski definition) is 1. The number of carbonyl (C=O) groups excluding carboxylic acids is 1. The minimum atomic E-state index is -0.232. The fraction of sp³-hybridized carbons (Fsp3) is 0.500. The van der Waals surface area contributed by atoms with Gasteiger partial charge in [-0.3, -0.25) is 4.79 Å². The van der Waals surface area contributed by atoms with Crippen molar-refractivity contribution in [2.24, 2.45) is 5.92 Å². The third-order valence-electron chi connectivity index (χ3n) is 0.774. The van der Waals surface area contributed by atoms with Gasteiger partial charge >= 0.3 is 7.56 Å². The van der Waals surface area contributed by atoms with Gasteiger partial charge in [0.05, 0.1) is 0 Å². The lowest BCUT2D eigenvalue weighted by atomic mass is 10.0. The van der Waals surface area contributed by atoms with Gasteiger partial charge in [-0.1, -0.05) is 13.8 Å². The van der Waals surface area contributed by atoms with Crippen molar-refractivity contribution in [3.8, 4) is 11.7 Å². The van der Waals surface area contributed by atoms with Crippen molar-refractivity contribution < 1.29 is 9.11 Å². The summed E-state index contributed by atoms with van der Waals surface area (Å²) in [7, 11) is 0.167. The van der Waals surface area contributed by atoms with Crippen LogP contribution in [0.15, 0.2) is 0 Å². The molecule has 1 nitrogen and oxygen atoms in total. The van der Waals surface area contributed by atoms with E-state index < -0.39 is 0 Å². The quantitative estimate of drug-likeness (QED) is 0.373. The van der Waals surface area contributed by atoms with Gasteiger partial charge < -0.3 is 4.32 Å². The van der Waals surface area contributed by atoms with E-state index in [0.717, 1.165) is 0 Å². The summed E-state index contributed by atoms with van der Waals surface area (Å²) in [6, 6.07) is 0. The average molecular weight is 125 g/mol. The molecule has 0 aliphatic heterocycles. The molecule has 3 heteroatoms. The third-order valence-corrected chi connectivity index (χ3v) is 0.774. The van der Waals surface area contributed by atoms with E-state index in [4.69, 9.17) is 0 Å². The lowest BCUT2D eigenvalue weighted by Gasteiger charge is -1.90. The SMILES string of the molecule is CC(C)C(=O)C#C[B]F. The van der Waals surface area contributed by atoms with Crippen LogP contribution in [0.3, 0.4) is 0 Å². The van der Waals surface area contributed by atoms with E-state index in [2.05, 4.69) is 5.92 Å². The molecular weight excluding hydrogens is 118 g/mol. The van der Waals surface area contributed by atoms with Crippen molar-refractivity contribution in [3.63, 3.8) is 0 Å². The topological polar surface area (TPSA) is 17.1 Å². The smallest absolute Gasteiger partial charge is 0.322 e. The number of rotatable bonds is 1. The molecule has 47 valence electrons. The van der Waals surface area contributed by atoms with Crippen LogP contribution < -0.4 is 0 Å². The summed E-state index contributed by atoms with van der Waals surface area (Å²) in [6.45, 7) is 3.44. The van der Waals surface area contributed by atoms with Crippen molar-refractivity contribution in [1.82, 2.24) is 0 Å². The van der Waals surface area contributed by atoms with E-state index >= 15 is 0 Å². The Bertz CT molecular complexity index is 154. The van der Waals surface area contributed by atoms with Gasteiger partial charge in [0.15, 0.2) is 0 Å². The molecule has 0 spiro atoms. The normalized spacial score (nSPS) is 8.00. The van der Waals surface area contributed by atoms with Gasteiger partial charge in [0.2, 0.25) is 5.78 Å². The largest absolute Gasteiger partial charge is 0.449 e. The Morgan fingerprint density at radius 2 is 2.22 bits per heavy atom. The van der Waals surface area contributed by atoms with E-state index in [-0.39, 0.29) is 19.3 Å². The number of carbonyl (C=O) groups is 1. The zero-order chi connectivity index (χ0) is 7.28. The van der Waals surface area contributed by atoms with E-state index in [9.17, 15) is 9.11 Å². The van der Waals surface area contributed by atoms with Gasteiger partial charge in [-0.2, -0.15) is 0 Å². The molecule has 0 rings (SSSR count). The Morgan fingerprint density at radius 1 is 1.67 bits per heavy atom. The van der Waals surface area contributed by atoms with E-state index in [1.165, 1.54) is 0 Å². The first-order valence-electron chi connectivity index (χ1n) is 2.65. The molecule has 0 aliphatic carbocycles. The minimum Gasteiger partial charge on any atom is -0.322 e. The van der Waals surface area contributed by atoms with Gasteiger partial charge in [0, 0.05) is 5.92 Å². The molecule has 0 aromatic heterocycles. The minimum absolute atomic E-state index is 0.127. The lowest BCUT2D eigenvalue weighted by Crippen LogP contribution is -2.02. The summed E-state index contributed by atoms with van der Waals surface area (Å²) >= 11 is 0. The van der Waals surface area contributed by atoms with Crippen LogP contribution in [0.2, 0.25) is 0 Å². The van der Waals surface area contributed by atoms with Crippen molar-refractivity contribution in [3.05, 3.63) is 0 Å². The van der Waals surface area contributed by atoms with Crippen molar-refractivity contribution in [1.29, 1.82) is 0 Å². The van der Waals surface area contributed by atoms with Crippen LogP contribution >= 0.6 is 0 Å². The van der Waals surface area contributed by atoms with Crippen LogP contribution in [-0.4, -0.2) is 13.3 Å². The molecule has 0 aliphatic rings. The maximum absolute atomic E-state index is 11.2. The van der Waals surface area contributed by atoms with Crippen LogP contribution in [0, 0.1) is 17.7 Å². The Balaban J connectivity index is 3.77. The Morgan fingerprint density at radius 3 is 2.56 bits per heavy atom. The lowest BCUT2D eigenvalue weighted by molar-refractivity contribution is -0.116. The molecule has 0 saturated carbocycles.